The van der Waals surface area contributed by atoms with E-state index in [4.69, 9.17) is 4.74 Å². The Labute approximate surface area is 132 Å². The van der Waals surface area contributed by atoms with Gasteiger partial charge in [-0.15, -0.1) is 0 Å². The van der Waals surface area contributed by atoms with Crippen LogP contribution in [0.5, 0.6) is 0 Å². The second-order valence-corrected chi connectivity index (χ2v) is 6.70. The first-order chi connectivity index (χ1) is 10.8. The van der Waals surface area contributed by atoms with Gasteiger partial charge in [0, 0.05) is 25.6 Å². The summed E-state index contributed by atoms with van der Waals surface area (Å²) in [5, 5.41) is 0. The van der Waals surface area contributed by atoms with Gasteiger partial charge < -0.3 is 4.74 Å². The minimum atomic E-state index is -4.07. The van der Waals surface area contributed by atoms with E-state index in [9.17, 15) is 22.4 Å². The summed E-state index contributed by atoms with van der Waals surface area (Å²) in [7, 11) is -4.07. The SMILES string of the molecule is CC(=O)NNC(=O)c1ccc(F)c(S(=O)(=O)N2CCOCC2)c1. The van der Waals surface area contributed by atoms with E-state index in [-0.39, 0.29) is 31.9 Å². The molecule has 0 spiro atoms. The lowest BCUT2D eigenvalue weighted by molar-refractivity contribution is -0.119. The number of carbonyl (C=O) groups is 2. The fourth-order valence-electron chi connectivity index (χ4n) is 1.99. The van der Waals surface area contributed by atoms with Gasteiger partial charge in [-0.1, -0.05) is 0 Å². The van der Waals surface area contributed by atoms with E-state index in [0.717, 1.165) is 22.5 Å². The Morgan fingerprint density at radius 2 is 1.87 bits per heavy atom. The van der Waals surface area contributed by atoms with Crippen molar-refractivity contribution in [3.8, 4) is 0 Å². The Morgan fingerprint density at radius 1 is 1.22 bits per heavy atom. The van der Waals surface area contributed by atoms with Crippen LogP contribution < -0.4 is 10.9 Å². The number of morpholine rings is 1. The lowest BCUT2D eigenvalue weighted by Gasteiger charge is -2.26. The normalized spacial score (nSPS) is 15.9. The molecule has 1 heterocycles. The summed E-state index contributed by atoms with van der Waals surface area (Å²) in [6, 6.07) is 2.97. The van der Waals surface area contributed by atoms with Crippen LogP contribution in [0.25, 0.3) is 0 Å². The largest absolute Gasteiger partial charge is 0.379 e. The van der Waals surface area contributed by atoms with Gasteiger partial charge in [0.15, 0.2) is 0 Å². The zero-order valence-corrected chi connectivity index (χ0v) is 13.2. The van der Waals surface area contributed by atoms with Gasteiger partial charge in [0.2, 0.25) is 15.9 Å². The van der Waals surface area contributed by atoms with Crippen LogP contribution >= 0.6 is 0 Å². The van der Waals surface area contributed by atoms with Crippen molar-refractivity contribution in [1.29, 1.82) is 0 Å². The molecule has 0 aliphatic carbocycles. The molecular formula is C13H16FN3O5S. The van der Waals surface area contributed by atoms with Gasteiger partial charge in [0.25, 0.3) is 5.91 Å². The molecule has 0 atom stereocenters. The summed E-state index contributed by atoms with van der Waals surface area (Å²) in [5.41, 5.74) is 4.07. The van der Waals surface area contributed by atoms with Crippen molar-refractivity contribution in [3.63, 3.8) is 0 Å². The Balaban J connectivity index is 2.29. The number of benzene rings is 1. The lowest BCUT2D eigenvalue weighted by atomic mass is 10.2. The fraction of sp³-hybridized carbons (Fsp3) is 0.385. The van der Waals surface area contributed by atoms with Gasteiger partial charge in [0.1, 0.15) is 10.7 Å². The molecule has 2 rings (SSSR count). The fourth-order valence-corrected chi connectivity index (χ4v) is 3.48. The standard InChI is InChI=1S/C13H16FN3O5S/c1-9(18)15-16-13(19)10-2-3-11(14)12(8-10)23(20,21)17-4-6-22-7-5-17/h2-3,8H,4-7H2,1H3,(H,15,18)(H,16,19). The summed E-state index contributed by atoms with van der Waals surface area (Å²) in [4.78, 5) is 22.0. The van der Waals surface area contributed by atoms with Crippen LogP contribution in [0.1, 0.15) is 17.3 Å². The van der Waals surface area contributed by atoms with Crippen LogP contribution in [0.15, 0.2) is 23.1 Å². The molecule has 0 unspecified atom stereocenters. The van der Waals surface area contributed by atoms with E-state index in [1.807, 2.05) is 0 Å². The number of hydrazine groups is 1. The number of nitrogens with zero attached hydrogens (tertiary/aromatic N) is 1. The van der Waals surface area contributed by atoms with E-state index < -0.39 is 32.6 Å². The number of amides is 2. The average molecular weight is 345 g/mol. The van der Waals surface area contributed by atoms with Gasteiger partial charge in [-0.25, -0.2) is 12.8 Å². The molecule has 2 N–H and O–H groups in total. The summed E-state index contributed by atoms with van der Waals surface area (Å²) in [5.74, 6) is -2.20. The molecule has 1 aromatic rings. The Morgan fingerprint density at radius 3 is 2.48 bits per heavy atom. The molecule has 1 fully saturated rings. The van der Waals surface area contributed by atoms with Crippen molar-refractivity contribution < 1.29 is 27.1 Å². The molecule has 0 aromatic heterocycles. The van der Waals surface area contributed by atoms with Crippen molar-refractivity contribution >= 4 is 21.8 Å². The molecule has 126 valence electrons. The summed E-state index contributed by atoms with van der Waals surface area (Å²) in [6.45, 7) is 1.88. The first kappa shape index (κ1) is 17.3. The topological polar surface area (TPSA) is 105 Å². The molecule has 10 heteroatoms. The smallest absolute Gasteiger partial charge is 0.269 e. The third-order valence-corrected chi connectivity index (χ3v) is 5.05. The van der Waals surface area contributed by atoms with Crippen LogP contribution in [-0.4, -0.2) is 50.8 Å². The predicted molar refractivity (Wildman–Crippen MR) is 77.3 cm³/mol. The zero-order valence-electron chi connectivity index (χ0n) is 12.3. The van der Waals surface area contributed by atoms with Crippen molar-refractivity contribution in [3.05, 3.63) is 29.6 Å². The molecule has 0 bridgehead atoms. The molecule has 1 aliphatic rings. The molecule has 8 nitrogen and oxygen atoms in total. The highest BCUT2D eigenvalue weighted by molar-refractivity contribution is 7.89. The quantitative estimate of drug-likeness (QED) is 0.727. The number of hydrogen-bond acceptors (Lipinski definition) is 5. The summed E-state index contributed by atoms with van der Waals surface area (Å²) < 4.78 is 45.1. The number of nitrogens with one attached hydrogen (secondary N) is 2. The Bertz CT molecular complexity index is 716. The molecule has 1 saturated heterocycles. The molecular weight excluding hydrogens is 329 g/mol. The minimum Gasteiger partial charge on any atom is -0.379 e. The number of sulfonamides is 1. The minimum absolute atomic E-state index is 0.0908. The third-order valence-electron chi connectivity index (χ3n) is 3.13. The number of carbonyl (C=O) groups excluding carboxylic acids is 2. The van der Waals surface area contributed by atoms with Crippen LogP contribution in [0.2, 0.25) is 0 Å². The molecule has 1 aromatic carbocycles. The monoisotopic (exact) mass is 345 g/mol. The second-order valence-electron chi connectivity index (χ2n) is 4.80. The van der Waals surface area contributed by atoms with E-state index in [1.165, 1.54) is 6.92 Å². The highest BCUT2D eigenvalue weighted by atomic mass is 32.2. The van der Waals surface area contributed by atoms with Crippen LogP contribution in [0.4, 0.5) is 4.39 Å². The average Bonchev–Trinajstić information content (AvgIpc) is 2.53. The lowest BCUT2D eigenvalue weighted by Crippen LogP contribution is -2.41. The third kappa shape index (κ3) is 4.03. The summed E-state index contributed by atoms with van der Waals surface area (Å²) in [6.07, 6.45) is 0. The van der Waals surface area contributed by atoms with Gasteiger partial charge in [0.05, 0.1) is 13.2 Å². The maximum absolute atomic E-state index is 14.0. The van der Waals surface area contributed by atoms with Crippen LogP contribution in [-0.2, 0) is 19.6 Å². The maximum atomic E-state index is 14.0. The molecule has 0 radical (unpaired) electrons. The van der Waals surface area contributed by atoms with Crippen molar-refractivity contribution in [1.82, 2.24) is 15.2 Å². The van der Waals surface area contributed by atoms with Gasteiger partial charge in [-0.05, 0) is 18.2 Å². The first-order valence-corrected chi connectivity index (χ1v) is 8.21. The van der Waals surface area contributed by atoms with E-state index in [2.05, 4.69) is 10.9 Å². The number of ether oxygens (including phenoxy) is 1. The van der Waals surface area contributed by atoms with Crippen molar-refractivity contribution in [2.75, 3.05) is 26.3 Å². The van der Waals surface area contributed by atoms with E-state index in [0.29, 0.717) is 0 Å². The molecule has 23 heavy (non-hydrogen) atoms. The van der Waals surface area contributed by atoms with Gasteiger partial charge in [-0.2, -0.15) is 4.31 Å². The van der Waals surface area contributed by atoms with Gasteiger partial charge in [-0.3, -0.25) is 20.4 Å². The number of halogens is 1. The highest BCUT2D eigenvalue weighted by Crippen LogP contribution is 2.21. The first-order valence-electron chi connectivity index (χ1n) is 6.77. The maximum Gasteiger partial charge on any atom is 0.269 e. The number of rotatable bonds is 3. The van der Waals surface area contributed by atoms with Crippen molar-refractivity contribution in [2.24, 2.45) is 0 Å². The highest BCUT2D eigenvalue weighted by Gasteiger charge is 2.29. The second kappa shape index (κ2) is 7.02. The predicted octanol–water partition coefficient (Wildman–Crippen LogP) is -0.372. The Kier molecular flexibility index (Phi) is 5.29. The number of hydrogen-bond donors (Lipinski definition) is 2. The Hall–Kier alpha value is -2.04. The molecule has 2 amide bonds. The zero-order chi connectivity index (χ0) is 17.0. The van der Waals surface area contributed by atoms with Crippen molar-refractivity contribution in [2.45, 2.75) is 11.8 Å². The molecule has 0 saturated carbocycles. The van der Waals surface area contributed by atoms with E-state index in [1.54, 1.807) is 0 Å². The molecule has 1 aliphatic heterocycles. The van der Waals surface area contributed by atoms with Crippen LogP contribution in [0, 0.1) is 5.82 Å². The van der Waals surface area contributed by atoms with Gasteiger partial charge >= 0.3 is 0 Å². The summed E-state index contributed by atoms with van der Waals surface area (Å²) >= 11 is 0. The van der Waals surface area contributed by atoms with Crippen LogP contribution in [0.3, 0.4) is 0 Å². The van der Waals surface area contributed by atoms with E-state index >= 15 is 0 Å².